The Morgan fingerprint density at radius 1 is 1.05 bits per heavy atom. The molecule has 4 nitrogen and oxygen atoms in total. The zero-order valence-electron chi connectivity index (χ0n) is 10.0. The summed E-state index contributed by atoms with van der Waals surface area (Å²) < 4.78 is 39.3. The molecule has 0 unspecified atom stereocenters. The molecule has 0 aliphatic rings. The molecule has 0 amide bonds. The van der Waals surface area contributed by atoms with Gasteiger partial charge in [0.15, 0.2) is 17.5 Å². The average molecular weight is 268 g/mol. The normalized spacial score (nSPS) is 10.3. The Labute approximate surface area is 107 Å². The van der Waals surface area contributed by atoms with Gasteiger partial charge in [0.05, 0.1) is 5.69 Å². The van der Waals surface area contributed by atoms with Crippen molar-refractivity contribution in [3.8, 4) is 0 Å². The first-order valence-electron chi connectivity index (χ1n) is 5.58. The van der Waals surface area contributed by atoms with Gasteiger partial charge in [-0.05, 0) is 19.1 Å². The van der Waals surface area contributed by atoms with Crippen LogP contribution in [0.2, 0.25) is 0 Å². The molecule has 1 aromatic heterocycles. The van der Waals surface area contributed by atoms with Crippen LogP contribution < -0.4 is 10.6 Å². The summed E-state index contributed by atoms with van der Waals surface area (Å²) in [6.07, 6.45) is 1.28. The van der Waals surface area contributed by atoms with E-state index in [1.54, 1.807) is 0 Å². The van der Waals surface area contributed by atoms with Gasteiger partial charge in [0, 0.05) is 12.6 Å². The van der Waals surface area contributed by atoms with E-state index in [-0.39, 0.29) is 11.5 Å². The molecule has 1 aromatic carbocycles. The molecule has 0 atom stereocenters. The molecule has 100 valence electrons. The Hall–Kier alpha value is -2.31. The first-order valence-corrected chi connectivity index (χ1v) is 5.58. The minimum absolute atomic E-state index is 0.194. The van der Waals surface area contributed by atoms with Crippen LogP contribution in [0.5, 0.6) is 0 Å². The topological polar surface area (TPSA) is 49.8 Å². The summed E-state index contributed by atoms with van der Waals surface area (Å²) in [6, 6.07) is 3.47. The maximum atomic E-state index is 13.5. The number of aromatic nitrogens is 2. The Balaban J connectivity index is 2.26. The Kier molecular flexibility index (Phi) is 3.84. The molecule has 0 radical (unpaired) electrons. The first kappa shape index (κ1) is 13.1. The minimum atomic E-state index is -1.52. The molecular formula is C12H11F3N4. The van der Waals surface area contributed by atoms with Crippen molar-refractivity contribution in [1.82, 2.24) is 9.97 Å². The first-order chi connectivity index (χ1) is 9.11. The van der Waals surface area contributed by atoms with Crippen molar-refractivity contribution in [3.63, 3.8) is 0 Å². The third-order valence-electron chi connectivity index (χ3n) is 2.32. The smallest absolute Gasteiger partial charge is 0.196 e. The van der Waals surface area contributed by atoms with Gasteiger partial charge < -0.3 is 10.6 Å². The van der Waals surface area contributed by atoms with Crippen molar-refractivity contribution in [2.45, 2.75) is 6.92 Å². The highest BCUT2D eigenvalue weighted by Gasteiger charge is 2.13. The van der Waals surface area contributed by atoms with Crippen LogP contribution in [-0.2, 0) is 0 Å². The van der Waals surface area contributed by atoms with E-state index in [1.807, 2.05) is 6.92 Å². The molecule has 0 spiro atoms. The summed E-state index contributed by atoms with van der Waals surface area (Å²) in [6.45, 7) is 2.56. The summed E-state index contributed by atoms with van der Waals surface area (Å²) in [4.78, 5) is 7.80. The Morgan fingerprint density at radius 3 is 2.53 bits per heavy atom. The highest BCUT2D eigenvalue weighted by atomic mass is 19.2. The van der Waals surface area contributed by atoms with Crippen molar-refractivity contribution < 1.29 is 13.2 Å². The summed E-state index contributed by atoms with van der Waals surface area (Å²) in [5, 5.41) is 5.52. The highest BCUT2D eigenvalue weighted by molar-refractivity contribution is 5.59. The second-order valence-electron chi connectivity index (χ2n) is 3.67. The fraction of sp³-hybridized carbons (Fsp3) is 0.167. The van der Waals surface area contributed by atoms with Gasteiger partial charge in [-0.15, -0.1) is 0 Å². The van der Waals surface area contributed by atoms with Crippen LogP contribution in [0, 0.1) is 17.5 Å². The van der Waals surface area contributed by atoms with E-state index >= 15 is 0 Å². The lowest BCUT2D eigenvalue weighted by molar-refractivity contribution is 0.449. The number of benzene rings is 1. The van der Waals surface area contributed by atoms with Crippen LogP contribution in [-0.4, -0.2) is 16.5 Å². The lowest BCUT2D eigenvalue weighted by atomic mass is 10.3. The molecule has 0 bridgehead atoms. The van der Waals surface area contributed by atoms with Crippen LogP contribution >= 0.6 is 0 Å². The molecular weight excluding hydrogens is 257 g/mol. The van der Waals surface area contributed by atoms with E-state index in [0.29, 0.717) is 12.4 Å². The van der Waals surface area contributed by atoms with E-state index in [2.05, 4.69) is 20.6 Å². The van der Waals surface area contributed by atoms with Crippen LogP contribution in [0.25, 0.3) is 0 Å². The number of hydrogen-bond acceptors (Lipinski definition) is 4. The number of hydrogen-bond donors (Lipinski definition) is 2. The number of nitrogens with one attached hydrogen (secondary N) is 2. The largest absolute Gasteiger partial charge is 0.370 e. The Morgan fingerprint density at radius 2 is 1.79 bits per heavy atom. The van der Waals surface area contributed by atoms with Gasteiger partial charge in [-0.25, -0.2) is 23.1 Å². The van der Waals surface area contributed by atoms with E-state index in [1.165, 1.54) is 12.4 Å². The quantitative estimate of drug-likeness (QED) is 0.837. The van der Waals surface area contributed by atoms with Crippen LogP contribution in [0.15, 0.2) is 24.5 Å². The lowest BCUT2D eigenvalue weighted by Gasteiger charge is -2.09. The molecule has 0 saturated carbocycles. The second kappa shape index (κ2) is 5.55. The summed E-state index contributed by atoms with van der Waals surface area (Å²) in [5.41, 5.74) is -0.194. The molecule has 2 aromatic rings. The van der Waals surface area contributed by atoms with E-state index < -0.39 is 17.5 Å². The summed E-state index contributed by atoms with van der Waals surface area (Å²) in [7, 11) is 0. The predicted molar refractivity (Wildman–Crippen MR) is 65.8 cm³/mol. The number of rotatable bonds is 4. The molecule has 0 fully saturated rings. The van der Waals surface area contributed by atoms with Gasteiger partial charge in [-0.3, -0.25) is 0 Å². The average Bonchev–Trinajstić information content (AvgIpc) is 2.40. The predicted octanol–water partition coefficient (Wildman–Crippen LogP) is 3.07. The third-order valence-corrected chi connectivity index (χ3v) is 2.32. The molecule has 2 rings (SSSR count). The molecule has 0 aliphatic heterocycles. The van der Waals surface area contributed by atoms with E-state index in [0.717, 1.165) is 12.1 Å². The van der Waals surface area contributed by atoms with E-state index in [4.69, 9.17) is 0 Å². The van der Waals surface area contributed by atoms with Crippen molar-refractivity contribution >= 4 is 17.3 Å². The fourth-order valence-electron chi connectivity index (χ4n) is 1.46. The highest BCUT2D eigenvalue weighted by Crippen LogP contribution is 2.23. The maximum Gasteiger partial charge on any atom is 0.196 e. The third kappa shape index (κ3) is 2.93. The molecule has 7 heteroatoms. The number of anilines is 3. The van der Waals surface area contributed by atoms with Crippen LogP contribution in [0.1, 0.15) is 6.92 Å². The molecule has 1 heterocycles. The second-order valence-corrected chi connectivity index (χ2v) is 3.67. The zero-order chi connectivity index (χ0) is 13.8. The van der Waals surface area contributed by atoms with Crippen LogP contribution in [0.4, 0.5) is 30.5 Å². The van der Waals surface area contributed by atoms with Crippen molar-refractivity contribution in [2.24, 2.45) is 0 Å². The van der Waals surface area contributed by atoms with Crippen molar-refractivity contribution in [1.29, 1.82) is 0 Å². The maximum absolute atomic E-state index is 13.5. The molecule has 19 heavy (non-hydrogen) atoms. The summed E-state index contributed by atoms with van der Waals surface area (Å²) in [5.74, 6) is -3.23. The SMILES string of the molecule is CCNc1cc(Nc2ccc(F)c(F)c2F)ncn1. The summed E-state index contributed by atoms with van der Waals surface area (Å²) >= 11 is 0. The van der Waals surface area contributed by atoms with Crippen LogP contribution in [0.3, 0.4) is 0 Å². The molecule has 0 saturated heterocycles. The van der Waals surface area contributed by atoms with Gasteiger partial charge >= 0.3 is 0 Å². The monoisotopic (exact) mass is 268 g/mol. The number of nitrogens with zero attached hydrogens (tertiary/aromatic N) is 2. The van der Waals surface area contributed by atoms with Crippen molar-refractivity contribution in [3.05, 3.63) is 42.0 Å². The van der Waals surface area contributed by atoms with Crippen molar-refractivity contribution in [2.75, 3.05) is 17.2 Å². The lowest BCUT2D eigenvalue weighted by Crippen LogP contribution is -2.03. The van der Waals surface area contributed by atoms with Gasteiger partial charge in [0.2, 0.25) is 0 Å². The molecule has 2 N–H and O–H groups in total. The van der Waals surface area contributed by atoms with Gasteiger partial charge in [-0.2, -0.15) is 0 Å². The van der Waals surface area contributed by atoms with Gasteiger partial charge in [-0.1, -0.05) is 0 Å². The number of halogens is 3. The Bertz CT molecular complexity index is 589. The standard InChI is InChI=1S/C12H11F3N4/c1-2-16-9-5-10(18-6-17-9)19-8-4-3-7(13)11(14)12(8)15/h3-6H,2H2,1H3,(H2,16,17,18,19). The molecule has 0 aliphatic carbocycles. The van der Waals surface area contributed by atoms with E-state index in [9.17, 15) is 13.2 Å². The fourth-order valence-corrected chi connectivity index (χ4v) is 1.46. The van der Waals surface area contributed by atoms with Gasteiger partial charge in [0.1, 0.15) is 18.0 Å². The van der Waals surface area contributed by atoms with Gasteiger partial charge in [0.25, 0.3) is 0 Å². The zero-order valence-corrected chi connectivity index (χ0v) is 10.0. The minimum Gasteiger partial charge on any atom is -0.370 e.